The largest absolute Gasteiger partial charge is 0.422 e. The first-order valence-electron chi connectivity index (χ1n) is 8.05. The maximum atomic E-state index is 12.4. The molecule has 1 heterocycles. The summed E-state index contributed by atoms with van der Waals surface area (Å²) in [5.41, 5.74) is 5.72. The van der Waals surface area contributed by atoms with E-state index >= 15 is 0 Å². The van der Waals surface area contributed by atoms with Gasteiger partial charge in [-0.1, -0.05) is 33.6 Å². The molecule has 0 bridgehead atoms. The molecule has 148 valence electrons. The molecule has 0 radical (unpaired) electrons. The molecule has 2 N–H and O–H groups in total. The third-order valence-electron chi connectivity index (χ3n) is 3.71. The topological polar surface area (TPSA) is 107 Å². The van der Waals surface area contributed by atoms with Crippen molar-refractivity contribution < 1.29 is 23.9 Å². The number of esters is 1. The predicted molar refractivity (Wildman–Crippen MR) is 112 cm³/mol. The molecule has 1 fully saturated rings. The Kier molecular flexibility index (Phi) is 6.41. The van der Waals surface area contributed by atoms with Gasteiger partial charge in [-0.05, 0) is 54.2 Å². The summed E-state index contributed by atoms with van der Waals surface area (Å²) in [6, 6.07) is 11.1. The zero-order valence-corrected chi connectivity index (χ0v) is 17.7. The molecule has 3 amide bonds. The van der Waals surface area contributed by atoms with Crippen molar-refractivity contribution in [1.29, 1.82) is 0 Å². The van der Waals surface area contributed by atoms with Gasteiger partial charge in [-0.3, -0.25) is 19.3 Å². The zero-order valence-electron chi connectivity index (χ0n) is 14.6. The van der Waals surface area contributed by atoms with Crippen LogP contribution >= 0.6 is 39.3 Å². The number of amides is 3. The Morgan fingerprint density at radius 1 is 1.21 bits per heavy atom. The van der Waals surface area contributed by atoms with Crippen molar-refractivity contribution in [2.75, 3.05) is 6.54 Å². The number of halogens is 2. The Labute approximate surface area is 183 Å². The number of hydrogen-bond acceptors (Lipinski definition) is 6. The number of carbonyl (C=O) groups excluding carboxylic acids is 4. The van der Waals surface area contributed by atoms with Gasteiger partial charge >= 0.3 is 5.97 Å². The van der Waals surface area contributed by atoms with E-state index in [4.69, 9.17) is 22.1 Å². The van der Waals surface area contributed by atoms with Crippen molar-refractivity contribution in [3.63, 3.8) is 0 Å². The molecule has 2 aromatic carbocycles. The minimum absolute atomic E-state index is 0.0782. The average Bonchev–Trinajstić information content (AvgIpc) is 2.91. The number of ether oxygens (including phenoxy) is 1. The number of nitrogens with two attached hydrogens (primary N) is 1. The summed E-state index contributed by atoms with van der Waals surface area (Å²) >= 11 is 9.89. The van der Waals surface area contributed by atoms with E-state index in [9.17, 15) is 19.2 Å². The molecule has 0 aromatic heterocycles. The number of imide groups is 1. The summed E-state index contributed by atoms with van der Waals surface area (Å²) in [6.07, 6.45) is 1.41. The predicted octanol–water partition coefficient (Wildman–Crippen LogP) is 3.84. The molecule has 0 spiro atoms. The third-order valence-corrected chi connectivity index (χ3v) is 5.34. The Balaban J connectivity index is 1.90. The van der Waals surface area contributed by atoms with Crippen LogP contribution in [0.4, 0.5) is 4.79 Å². The number of thioether (sulfide) groups is 1. The lowest BCUT2D eigenvalue weighted by Gasteiger charge is -2.10. The summed E-state index contributed by atoms with van der Waals surface area (Å²) < 4.78 is 6.12. The van der Waals surface area contributed by atoms with Gasteiger partial charge in [0, 0.05) is 15.1 Å². The molecular weight excluding hydrogens is 484 g/mol. The molecule has 7 nitrogen and oxygen atoms in total. The van der Waals surface area contributed by atoms with Gasteiger partial charge in [0.1, 0.15) is 12.3 Å². The summed E-state index contributed by atoms with van der Waals surface area (Å²) in [4.78, 5) is 48.7. The highest BCUT2D eigenvalue weighted by molar-refractivity contribution is 9.10. The van der Waals surface area contributed by atoms with Gasteiger partial charge in [0.25, 0.3) is 11.1 Å². The van der Waals surface area contributed by atoms with Crippen LogP contribution in [0.3, 0.4) is 0 Å². The smallest absolute Gasteiger partial charge is 0.343 e. The second-order valence-electron chi connectivity index (χ2n) is 5.82. The van der Waals surface area contributed by atoms with Crippen molar-refractivity contribution in [3.8, 4) is 5.75 Å². The zero-order chi connectivity index (χ0) is 21.1. The van der Waals surface area contributed by atoms with Crippen molar-refractivity contribution in [2.24, 2.45) is 5.73 Å². The molecule has 3 rings (SSSR count). The minimum Gasteiger partial charge on any atom is -0.422 e. The summed E-state index contributed by atoms with van der Waals surface area (Å²) in [6.45, 7) is -0.503. The first kappa shape index (κ1) is 21.1. The standard InChI is InChI=1S/C19H12BrClN2O5S/c20-12-4-5-14(28-18(26)10-2-1-3-13(21)7-10)11(6-12)8-15-17(25)23(9-16(22)24)19(27)29-15/h1-8H,9H2,(H2,22,24)/b15-8-. The number of nitrogens with zero attached hydrogens (tertiary/aromatic N) is 1. The van der Waals surface area contributed by atoms with E-state index in [1.54, 1.807) is 36.4 Å². The van der Waals surface area contributed by atoms with Gasteiger partial charge < -0.3 is 10.5 Å². The van der Waals surface area contributed by atoms with Crippen LogP contribution in [0.5, 0.6) is 5.75 Å². The maximum absolute atomic E-state index is 12.4. The van der Waals surface area contributed by atoms with Crippen LogP contribution in [0.15, 0.2) is 51.8 Å². The highest BCUT2D eigenvalue weighted by Crippen LogP contribution is 2.35. The summed E-state index contributed by atoms with van der Waals surface area (Å²) in [5.74, 6) is -1.90. The molecule has 29 heavy (non-hydrogen) atoms. The van der Waals surface area contributed by atoms with Gasteiger partial charge in [0.2, 0.25) is 5.91 Å². The van der Waals surface area contributed by atoms with Crippen LogP contribution in [0.25, 0.3) is 6.08 Å². The highest BCUT2D eigenvalue weighted by Gasteiger charge is 2.36. The van der Waals surface area contributed by atoms with Crippen LogP contribution in [0, 0.1) is 0 Å². The minimum atomic E-state index is -0.799. The van der Waals surface area contributed by atoms with Crippen molar-refractivity contribution in [1.82, 2.24) is 4.90 Å². The molecule has 0 unspecified atom stereocenters. The average molecular weight is 496 g/mol. The fourth-order valence-corrected chi connectivity index (χ4v) is 3.83. The molecule has 2 aromatic rings. The van der Waals surface area contributed by atoms with Crippen LogP contribution in [0.1, 0.15) is 15.9 Å². The quantitative estimate of drug-likeness (QED) is 0.384. The number of benzene rings is 2. The summed E-state index contributed by atoms with van der Waals surface area (Å²) in [7, 11) is 0. The van der Waals surface area contributed by atoms with Crippen molar-refractivity contribution >= 4 is 68.4 Å². The van der Waals surface area contributed by atoms with E-state index in [-0.39, 0.29) is 16.2 Å². The van der Waals surface area contributed by atoms with Crippen molar-refractivity contribution in [3.05, 3.63) is 68.0 Å². The number of carbonyl (C=O) groups is 4. The third kappa shape index (κ3) is 5.06. The molecule has 1 aliphatic heterocycles. The van der Waals surface area contributed by atoms with Crippen LogP contribution in [0.2, 0.25) is 5.02 Å². The van der Waals surface area contributed by atoms with E-state index in [0.29, 0.717) is 26.8 Å². The monoisotopic (exact) mass is 494 g/mol. The van der Waals surface area contributed by atoms with Gasteiger partial charge in [-0.2, -0.15) is 0 Å². The highest BCUT2D eigenvalue weighted by atomic mass is 79.9. The van der Waals surface area contributed by atoms with E-state index in [0.717, 1.165) is 4.90 Å². The lowest BCUT2D eigenvalue weighted by atomic mass is 10.1. The molecule has 0 atom stereocenters. The molecule has 1 saturated heterocycles. The van der Waals surface area contributed by atoms with Crippen LogP contribution in [-0.2, 0) is 9.59 Å². The molecular formula is C19H12BrClN2O5S. The van der Waals surface area contributed by atoms with E-state index in [1.807, 2.05) is 0 Å². The fourth-order valence-electron chi connectivity index (χ4n) is 2.43. The first-order chi connectivity index (χ1) is 13.7. The fraction of sp³-hybridized carbons (Fsp3) is 0.0526. The van der Waals surface area contributed by atoms with Crippen molar-refractivity contribution in [2.45, 2.75) is 0 Å². The van der Waals surface area contributed by atoms with Crippen LogP contribution < -0.4 is 10.5 Å². The normalized spacial score (nSPS) is 15.1. The molecule has 10 heteroatoms. The second-order valence-corrected chi connectivity index (χ2v) is 8.16. The number of primary amides is 1. The number of rotatable bonds is 5. The van der Waals surface area contributed by atoms with Crippen LogP contribution in [-0.4, -0.2) is 34.5 Å². The Morgan fingerprint density at radius 2 is 1.97 bits per heavy atom. The lowest BCUT2D eigenvalue weighted by Crippen LogP contribution is -2.36. The van der Waals surface area contributed by atoms with E-state index in [2.05, 4.69) is 15.9 Å². The second kappa shape index (κ2) is 8.81. The SMILES string of the molecule is NC(=O)CN1C(=O)S/C(=C\c2cc(Br)ccc2OC(=O)c2cccc(Cl)c2)C1=O. The Hall–Kier alpha value is -2.62. The van der Waals surface area contributed by atoms with Gasteiger partial charge in [0.15, 0.2) is 0 Å². The van der Waals surface area contributed by atoms with E-state index < -0.39 is 29.6 Å². The maximum Gasteiger partial charge on any atom is 0.343 e. The Bertz CT molecular complexity index is 1070. The first-order valence-corrected chi connectivity index (χ1v) is 10.0. The van der Waals surface area contributed by atoms with Gasteiger partial charge in [0.05, 0.1) is 10.5 Å². The Morgan fingerprint density at radius 3 is 2.66 bits per heavy atom. The molecule has 0 saturated carbocycles. The summed E-state index contributed by atoms with van der Waals surface area (Å²) in [5, 5.41) is -0.217. The van der Waals surface area contributed by atoms with E-state index in [1.165, 1.54) is 12.1 Å². The van der Waals surface area contributed by atoms with Gasteiger partial charge in [-0.15, -0.1) is 0 Å². The number of hydrogen-bond donors (Lipinski definition) is 1. The van der Waals surface area contributed by atoms with Gasteiger partial charge in [-0.25, -0.2) is 4.79 Å². The lowest BCUT2D eigenvalue weighted by molar-refractivity contribution is -0.127. The molecule has 1 aliphatic rings. The molecule has 0 aliphatic carbocycles.